The van der Waals surface area contributed by atoms with Gasteiger partial charge in [0.25, 0.3) is 0 Å². The van der Waals surface area contributed by atoms with Gasteiger partial charge in [0.1, 0.15) is 5.75 Å². The summed E-state index contributed by atoms with van der Waals surface area (Å²) < 4.78 is 8.11. The van der Waals surface area contributed by atoms with E-state index in [2.05, 4.69) is 34.7 Å². The van der Waals surface area contributed by atoms with E-state index in [1.165, 1.54) is 67.3 Å². The fourth-order valence-corrected chi connectivity index (χ4v) is 8.21. The van der Waals surface area contributed by atoms with E-state index < -0.39 is 5.60 Å². The Morgan fingerprint density at radius 3 is 2.71 bits per heavy atom. The molecule has 182 valence electrons. The van der Waals surface area contributed by atoms with Crippen molar-refractivity contribution in [1.82, 2.24) is 14.7 Å². The lowest BCUT2D eigenvalue weighted by Gasteiger charge is -2.63. The van der Waals surface area contributed by atoms with Gasteiger partial charge in [0, 0.05) is 36.5 Å². The number of rotatable bonds is 4. The van der Waals surface area contributed by atoms with Crippen molar-refractivity contribution in [3.8, 4) is 5.75 Å². The van der Waals surface area contributed by atoms with Crippen LogP contribution in [0, 0.1) is 12.8 Å². The predicted molar refractivity (Wildman–Crippen MR) is 133 cm³/mol. The van der Waals surface area contributed by atoms with E-state index in [0.717, 1.165) is 56.1 Å². The van der Waals surface area contributed by atoms with Crippen LogP contribution in [-0.2, 0) is 24.7 Å². The molecule has 1 saturated heterocycles. The quantitative estimate of drug-likeness (QED) is 0.728. The Bertz CT molecular complexity index is 1110. The van der Waals surface area contributed by atoms with Crippen LogP contribution in [0.1, 0.15) is 85.5 Å². The minimum atomic E-state index is -0.752. The average Bonchev–Trinajstić information content (AvgIpc) is 3.62. The second kappa shape index (κ2) is 7.57. The molecule has 2 saturated carbocycles. The van der Waals surface area contributed by atoms with E-state index >= 15 is 0 Å². The smallest absolute Gasteiger partial charge is 0.119 e. The normalized spacial score (nSPS) is 33.2. The first kappa shape index (κ1) is 21.4. The number of benzene rings is 1. The molecule has 5 nitrogen and oxygen atoms in total. The number of hydrogen-bond donors (Lipinski definition) is 1. The lowest BCUT2D eigenvalue weighted by Crippen LogP contribution is -2.74. The van der Waals surface area contributed by atoms with Crippen molar-refractivity contribution in [2.24, 2.45) is 5.92 Å². The molecule has 1 aromatic heterocycles. The van der Waals surface area contributed by atoms with Crippen molar-refractivity contribution in [3.63, 3.8) is 0 Å². The monoisotopic (exact) mass is 461 g/mol. The first-order valence-electron chi connectivity index (χ1n) is 13.7. The van der Waals surface area contributed by atoms with Gasteiger partial charge in [0.05, 0.1) is 24.4 Å². The van der Waals surface area contributed by atoms with Gasteiger partial charge < -0.3 is 9.84 Å². The van der Waals surface area contributed by atoms with Gasteiger partial charge in [0.15, 0.2) is 0 Å². The summed E-state index contributed by atoms with van der Waals surface area (Å²) in [6.07, 6.45) is 12.8. The van der Waals surface area contributed by atoms with E-state index in [1.54, 1.807) is 7.11 Å². The summed E-state index contributed by atoms with van der Waals surface area (Å²) in [6.45, 7) is 4.42. The molecule has 0 radical (unpaired) electrons. The first-order chi connectivity index (χ1) is 16.5. The molecule has 2 bridgehead atoms. The molecular weight excluding hydrogens is 422 g/mol. The summed E-state index contributed by atoms with van der Waals surface area (Å²) in [5.74, 6) is 1.75. The number of methoxy groups -OCH3 is 1. The first-order valence-corrected chi connectivity index (χ1v) is 13.7. The minimum absolute atomic E-state index is 0.188. The van der Waals surface area contributed by atoms with Crippen molar-refractivity contribution in [1.29, 1.82) is 0 Å². The number of fused-ring (bicyclic) bond motifs is 2. The molecule has 2 aromatic rings. The van der Waals surface area contributed by atoms with Crippen LogP contribution in [-0.4, -0.2) is 51.6 Å². The molecule has 1 N–H and O–H groups in total. The van der Waals surface area contributed by atoms with E-state index in [0.29, 0.717) is 6.04 Å². The van der Waals surface area contributed by atoms with E-state index in [-0.39, 0.29) is 11.5 Å². The molecule has 0 spiro atoms. The van der Waals surface area contributed by atoms with Gasteiger partial charge in [-0.3, -0.25) is 9.58 Å². The molecule has 3 fully saturated rings. The highest BCUT2D eigenvalue weighted by atomic mass is 16.5. The maximum atomic E-state index is 12.8. The number of aryl methyl sites for hydroxylation is 1. The van der Waals surface area contributed by atoms with Crippen LogP contribution in [0.2, 0.25) is 0 Å². The predicted octanol–water partition coefficient (Wildman–Crippen LogP) is 4.51. The van der Waals surface area contributed by atoms with Crippen molar-refractivity contribution in [2.75, 3.05) is 20.2 Å². The van der Waals surface area contributed by atoms with Gasteiger partial charge >= 0.3 is 0 Å². The number of nitrogens with zero attached hydrogens (tertiary/aromatic N) is 3. The highest BCUT2D eigenvalue weighted by molar-refractivity contribution is 5.52. The largest absolute Gasteiger partial charge is 0.497 e. The molecule has 2 heterocycles. The molecule has 0 amide bonds. The Morgan fingerprint density at radius 1 is 1.12 bits per heavy atom. The number of aromatic nitrogens is 2. The summed E-state index contributed by atoms with van der Waals surface area (Å²) >= 11 is 0. The molecule has 3 atom stereocenters. The van der Waals surface area contributed by atoms with Gasteiger partial charge in [-0.25, -0.2) is 0 Å². The Morgan fingerprint density at radius 2 is 1.94 bits per heavy atom. The third kappa shape index (κ3) is 2.95. The molecule has 34 heavy (non-hydrogen) atoms. The van der Waals surface area contributed by atoms with Gasteiger partial charge in [0.2, 0.25) is 0 Å². The second-order valence-corrected chi connectivity index (χ2v) is 12.0. The van der Waals surface area contributed by atoms with Crippen LogP contribution in [0.15, 0.2) is 18.2 Å². The number of likely N-dealkylation sites (tertiary alicyclic amines) is 1. The van der Waals surface area contributed by atoms with Crippen LogP contribution >= 0.6 is 0 Å². The zero-order valence-corrected chi connectivity index (χ0v) is 20.9. The third-order valence-electron chi connectivity index (χ3n) is 10.2. The highest BCUT2D eigenvalue weighted by Crippen LogP contribution is 2.58. The average molecular weight is 462 g/mol. The minimum Gasteiger partial charge on any atom is -0.497 e. The van der Waals surface area contributed by atoms with E-state index in [9.17, 15) is 5.11 Å². The molecule has 0 unspecified atom stereocenters. The number of ether oxygens (including phenoxy) is 1. The SMILES string of the molecule is COc1ccc2c(c1)[C@]13CCN(CC4CC4)[C@H](C2)[C@]1(O)Cc1c(C)nn(C2CCCCC2)c1C3. The molecular formula is C29H39N3O2. The Balaban J connectivity index is 1.39. The summed E-state index contributed by atoms with van der Waals surface area (Å²) in [4.78, 5) is 2.66. The number of piperidine rings is 1. The Hall–Kier alpha value is -1.85. The molecule has 1 aliphatic heterocycles. The van der Waals surface area contributed by atoms with Crippen molar-refractivity contribution in [2.45, 2.75) is 101 Å². The lowest BCUT2D eigenvalue weighted by atomic mass is 9.49. The zero-order chi connectivity index (χ0) is 23.1. The Labute approximate surface area is 203 Å². The lowest BCUT2D eigenvalue weighted by molar-refractivity contribution is -0.152. The van der Waals surface area contributed by atoms with Crippen LogP contribution in [0.25, 0.3) is 0 Å². The topological polar surface area (TPSA) is 50.5 Å². The summed E-state index contributed by atoms with van der Waals surface area (Å²) in [5, 5.41) is 18.0. The molecule has 7 rings (SSSR count). The molecule has 4 aliphatic carbocycles. The Kier molecular flexibility index (Phi) is 4.77. The zero-order valence-electron chi connectivity index (χ0n) is 20.9. The van der Waals surface area contributed by atoms with Crippen molar-refractivity contribution in [3.05, 3.63) is 46.3 Å². The fraction of sp³-hybridized carbons (Fsp3) is 0.690. The van der Waals surface area contributed by atoms with Crippen LogP contribution < -0.4 is 4.74 Å². The van der Waals surface area contributed by atoms with E-state index in [1.807, 2.05) is 0 Å². The third-order valence-corrected chi connectivity index (χ3v) is 10.2. The maximum Gasteiger partial charge on any atom is 0.119 e. The van der Waals surface area contributed by atoms with Crippen molar-refractivity contribution < 1.29 is 9.84 Å². The van der Waals surface area contributed by atoms with Gasteiger partial charge in [-0.2, -0.15) is 5.10 Å². The second-order valence-electron chi connectivity index (χ2n) is 12.0. The van der Waals surface area contributed by atoms with Gasteiger partial charge in [-0.1, -0.05) is 25.3 Å². The summed E-state index contributed by atoms with van der Waals surface area (Å²) in [6, 6.07) is 7.37. The van der Waals surface area contributed by atoms with Crippen LogP contribution in [0.5, 0.6) is 5.75 Å². The summed E-state index contributed by atoms with van der Waals surface area (Å²) in [5.41, 5.74) is 5.65. The van der Waals surface area contributed by atoms with E-state index in [4.69, 9.17) is 9.84 Å². The summed E-state index contributed by atoms with van der Waals surface area (Å²) in [7, 11) is 1.76. The van der Waals surface area contributed by atoms with Gasteiger partial charge in [-0.15, -0.1) is 0 Å². The maximum absolute atomic E-state index is 12.8. The number of hydrogen-bond acceptors (Lipinski definition) is 4. The highest BCUT2D eigenvalue weighted by Gasteiger charge is 2.65. The molecule has 5 heteroatoms. The van der Waals surface area contributed by atoms with Gasteiger partial charge in [-0.05, 0) is 86.7 Å². The van der Waals surface area contributed by atoms with Crippen LogP contribution in [0.3, 0.4) is 0 Å². The van der Waals surface area contributed by atoms with Crippen LogP contribution in [0.4, 0.5) is 0 Å². The fourth-order valence-electron chi connectivity index (χ4n) is 8.21. The molecule has 5 aliphatic rings. The number of aliphatic hydroxyl groups is 1. The standard InChI is InChI=1S/C29H39N3O2/c1-19-24-16-29(33)27-14-21-10-11-23(34-2)15-25(21)28(29,12-13-31(27)18-20-8-9-20)17-26(24)32(30-19)22-6-4-3-5-7-22/h10-11,15,20,22,27,33H,3-9,12-14,16-18H2,1-2H3/t27-,28-,29-/m1/s1. The van der Waals surface area contributed by atoms with Crippen molar-refractivity contribution >= 4 is 0 Å². The molecule has 1 aromatic carbocycles.